The summed E-state index contributed by atoms with van der Waals surface area (Å²) in [5.41, 5.74) is 0.407. The van der Waals surface area contributed by atoms with Crippen LogP contribution in [0, 0.1) is 17.3 Å². The second-order valence-electron chi connectivity index (χ2n) is 5.13. The Morgan fingerprint density at radius 2 is 1.85 bits per heavy atom. The van der Waals surface area contributed by atoms with E-state index in [9.17, 15) is 4.79 Å². The Hall–Kier alpha value is 0.200. The van der Waals surface area contributed by atoms with E-state index in [0.29, 0.717) is 17.3 Å². The number of halogens is 1. The maximum atomic E-state index is 11.0. The van der Waals surface area contributed by atoms with Gasteiger partial charge in [0.1, 0.15) is 3.42 Å². The van der Waals surface area contributed by atoms with Crippen LogP contribution in [0.2, 0.25) is 0 Å². The molecule has 3 rings (SSSR count). The number of alkyl halides is 1. The molecular formula is C10H15IO2. The van der Waals surface area contributed by atoms with E-state index >= 15 is 0 Å². The van der Waals surface area contributed by atoms with Gasteiger partial charge in [-0.2, -0.15) is 0 Å². The number of hydrogen-bond acceptors (Lipinski definition) is 1. The topological polar surface area (TPSA) is 37.3 Å². The predicted octanol–water partition coefficient (Wildman–Crippen LogP) is 2.70. The van der Waals surface area contributed by atoms with E-state index in [4.69, 9.17) is 5.11 Å². The molecule has 0 radical (unpaired) electrons. The van der Waals surface area contributed by atoms with E-state index in [1.54, 1.807) is 0 Å². The molecular weight excluding hydrogens is 279 g/mol. The summed E-state index contributed by atoms with van der Waals surface area (Å²) in [6.45, 7) is 4.56. The third-order valence-corrected chi connectivity index (χ3v) is 5.54. The minimum absolute atomic E-state index is 0.407. The van der Waals surface area contributed by atoms with Crippen molar-refractivity contribution in [3.8, 4) is 0 Å². The molecule has 0 spiro atoms. The minimum atomic E-state index is -0.613. The molecule has 2 unspecified atom stereocenters. The van der Waals surface area contributed by atoms with E-state index in [1.165, 1.54) is 6.42 Å². The van der Waals surface area contributed by atoms with Gasteiger partial charge in [0.25, 0.3) is 0 Å². The smallest absolute Gasteiger partial charge is 0.319 e. The number of aliphatic carboxylic acids is 1. The summed E-state index contributed by atoms with van der Waals surface area (Å²) >= 11 is 2.14. The van der Waals surface area contributed by atoms with E-state index in [-0.39, 0.29) is 0 Å². The Kier molecular flexibility index (Phi) is 1.96. The molecule has 3 fully saturated rings. The van der Waals surface area contributed by atoms with Gasteiger partial charge in [0.05, 0.1) is 0 Å². The zero-order valence-electron chi connectivity index (χ0n) is 8.01. The summed E-state index contributed by atoms with van der Waals surface area (Å²) in [5.74, 6) is 0.664. The van der Waals surface area contributed by atoms with E-state index in [2.05, 4.69) is 36.4 Å². The quantitative estimate of drug-likeness (QED) is 0.596. The highest BCUT2D eigenvalue weighted by Crippen LogP contribution is 2.63. The molecule has 3 aliphatic rings. The van der Waals surface area contributed by atoms with Crippen LogP contribution in [0.3, 0.4) is 0 Å². The lowest BCUT2D eigenvalue weighted by molar-refractivity contribution is -0.149. The number of carboxylic acids is 1. The molecule has 0 heterocycles. The summed E-state index contributed by atoms with van der Waals surface area (Å²) < 4.78 is -0.457. The monoisotopic (exact) mass is 294 g/mol. The van der Waals surface area contributed by atoms with Crippen LogP contribution in [0.25, 0.3) is 0 Å². The molecule has 0 aliphatic heterocycles. The molecule has 0 aromatic carbocycles. The fourth-order valence-electron chi connectivity index (χ4n) is 2.86. The standard InChI is InChI=1S/C10H15IO2/c1-9(2)6-3-7(9)5-10(11,4-6)8(12)13/h6-7H,3-5H2,1-2H3,(H,12,13). The van der Waals surface area contributed by atoms with Gasteiger partial charge in [-0.25, -0.2) is 0 Å². The molecule has 2 nitrogen and oxygen atoms in total. The highest BCUT2D eigenvalue weighted by atomic mass is 127. The molecule has 1 N–H and O–H groups in total. The van der Waals surface area contributed by atoms with E-state index in [0.717, 1.165) is 12.8 Å². The van der Waals surface area contributed by atoms with E-state index < -0.39 is 9.39 Å². The molecule has 0 aromatic heterocycles. The predicted molar refractivity (Wildman–Crippen MR) is 59.0 cm³/mol. The SMILES string of the molecule is CC1(C)C2CC1CC(I)(C(=O)O)C2. The lowest BCUT2D eigenvalue weighted by atomic mass is 9.47. The molecule has 2 bridgehead atoms. The average molecular weight is 294 g/mol. The molecule has 74 valence electrons. The van der Waals surface area contributed by atoms with Crippen molar-refractivity contribution in [2.24, 2.45) is 17.3 Å². The summed E-state index contributed by atoms with van der Waals surface area (Å²) in [7, 11) is 0. The average Bonchev–Trinajstić information content (AvgIpc) is 2.04. The fraction of sp³-hybridized carbons (Fsp3) is 0.900. The fourth-order valence-corrected chi connectivity index (χ4v) is 3.92. The molecule has 0 saturated heterocycles. The Bertz CT molecular complexity index is 246. The molecule has 0 aromatic rings. The van der Waals surface area contributed by atoms with Crippen molar-refractivity contribution in [2.75, 3.05) is 0 Å². The Balaban J connectivity index is 2.16. The number of carboxylic acid groups (broad SMARTS) is 1. The van der Waals surface area contributed by atoms with E-state index in [1.807, 2.05) is 0 Å². The Labute approximate surface area is 92.2 Å². The molecule has 13 heavy (non-hydrogen) atoms. The Morgan fingerprint density at radius 1 is 1.38 bits per heavy atom. The van der Waals surface area contributed by atoms with Crippen LogP contribution in [0.4, 0.5) is 0 Å². The van der Waals surface area contributed by atoms with Gasteiger partial charge in [0, 0.05) is 0 Å². The summed E-state index contributed by atoms with van der Waals surface area (Å²) in [6.07, 6.45) is 2.99. The van der Waals surface area contributed by atoms with Crippen LogP contribution in [0.5, 0.6) is 0 Å². The van der Waals surface area contributed by atoms with Gasteiger partial charge in [-0.3, -0.25) is 4.79 Å². The van der Waals surface area contributed by atoms with Crippen molar-refractivity contribution in [3.63, 3.8) is 0 Å². The van der Waals surface area contributed by atoms with Gasteiger partial charge < -0.3 is 5.11 Å². The lowest BCUT2D eigenvalue weighted by Gasteiger charge is -2.60. The van der Waals surface area contributed by atoms with Crippen molar-refractivity contribution >= 4 is 28.6 Å². The first kappa shape index (κ1) is 9.74. The lowest BCUT2D eigenvalue weighted by Crippen LogP contribution is -2.57. The van der Waals surface area contributed by atoms with Gasteiger partial charge >= 0.3 is 5.97 Å². The van der Waals surface area contributed by atoms with Gasteiger partial charge in [-0.15, -0.1) is 0 Å². The van der Waals surface area contributed by atoms with Gasteiger partial charge in [-0.05, 0) is 36.5 Å². The second kappa shape index (κ2) is 2.61. The molecule has 3 heteroatoms. The number of rotatable bonds is 1. The maximum Gasteiger partial charge on any atom is 0.319 e. The molecule has 3 aliphatic carbocycles. The first-order valence-electron chi connectivity index (χ1n) is 4.78. The number of fused-ring (bicyclic) bond motifs is 2. The minimum Gasteiger partial charge on any atom is -0.480 e. The first-order chi connectivity index (χ1) is 5.86. The van der Waals surface area contributed by atoms with Crippen LogP contribution < -0.4 is 0 Å². The van der Waals surface area contributed by atoms with Crippen molar-refractivity contribution < 1.29 is 9.90 Å². The van der Waals surface area contributed by atoms with Gasteiger partial charge in [-0.1, -0.05) is 36.4 Å². The summed E-state index contributed by atoms with van der Waals surface area (Å²) in [4.78, 5) is 11.0. The van der Waals surface area contributed by atoms with Crippen LogP contribution in [-0.4, -0.2) is 14.5 Å². The Morgan fingerprint density at radius 3 is 2.15 bits per heavy atom. The highest BCUT2D eigenvalue weighted by molar-refractivity contribution is 14.1. The highest BCUT2D eigenvalue weighted by Gasteiger charge is 2.59. The second-order valence-corrected chi connectivity index (χ2v) is 7.19. The number of hydrogen-bond donors (Lipinski definition) is 1. The van der Waals surface area contributed by atoms with Crippen molar-refractivity contribution in [1.29, 1.82) is 0 Å². The van der Waals surface area contributed by atoms with Crippen molar-refractivity contribution in [3.05, 3.63) is 0 Å². The van der Waals surface area contributed by atoms with Gasteiger partial charge in [0.2, 0.25) is 0 Å². The zero-order valence-corrected chi connectivity index (χ0v) is 10.2. The number of carbonyl (C=O) groups is 1. The van der Waals surface area contributed by atoms with Crippen molar-refractivity contribution in [1.82, 2.24) is 0 Å². The van der Waals surface area contributed by atoms with Crippen LogP contribution in [0.15, 0.2) is 0 Å². The van der Waals surface area contributed by atoms with Crippen LogP contribution in [-0.2, 0) is 4.79 Å². The van der Waals surface area contributed by atoms with Crippen LogP contribution >= 0.6 is 22.6 Å². The van der Waals surface area contributed by atoms with Crippen LogP contribution in [0.1, 0.15) is 33.1 Å². The maximum absolute atomic E-state index is 11.0. The molecule has 3 saturated carbocycles. The zero-order chi connectivity index (χ0) is 9.85. The normalized spacial score (nSPS) is 46.7. The van der Waals surface area contributed by atoms with Crippen molar-refractivity contribution in [2.45, 2.75) is 36.5 Å². The molecule has 2 atom stereocenters. The van der Waals surface area contributed by atoms with Gasteiger partial charge in [0.15, 0.2) is 0 Å². The largest absolute Gasteiger partial charge is 0.480 e. The first-order valence-corrected chi connectivity index (χ1v) is 5.86. The molecule has 0 amide bonds. The summed E-state index contributed by atoms with van der Waals surface area (Å²) in [6, 6.07) is 0. The summed E-state index contributed by atoms with van der Waals surface area (Å²) in [5, 5.41) is 9.10. The third-order valence-electron chi connectivity index (χ3n) is 4.20. The third kappa shape index (κ3) is 1.22.